The molecule has 11 rings (SSSR count). The van der Waals surface area contributed by atoms with Crippen molar-refractivity contribution < 1.29 is 0 Å². The Balaban J connectivity index is 1.04. The lowest BCUT2D eigenvalue weighted by molar-refractivity contribution is 1.15. The lowest BCUT2D eigenvalue weighted by atomic mass is 9.91. The van der Waals surface area contributed by atoms with Gasteiger partial charge in [-0.05, 0) is 90.0 Å². The second kappa shape index (κ2) is 13.7. The van der Waals surface area contributed by atoms with Crippen molar-refractivity contribution in [2.24, 2.45) is 0 Å². The van der Waals surface area contributed by atoms with E-state index in [1.165, 1.54) is 43.6 Å². The summed E-state index contributed by atoms with van der Waals surface area (Å²) in [6, 6.07) is 67.3. The minimum absolute atomic E-state index is 0.960. The van der Waals surface area contributed by atoms with E-state index in [-0.39, 0.29) is 0 Å². The first-order valence-electron chi connectivity index (χ1n) is 19.7. The Bertz CT molecular complexity index is 3250. The van der Waals surface area contributed by atoms with Gasteiger partial charge in [-0.2, -0.15) is 0 Å². The van der Waals surface area contributed by atoms with Gasteiger partial charge >= 0.3 is 0 Å². The van der Waals surface area contributed by atoms with E-state index in [2.05, 4.69) is 238 Å². The highest BCUT2D eigenvalue weighted by Gasteiger charge is 2.22. The Labute approximate surface area is 337 Å². The summed E-state index contributed by atoms with van der Waals surface area (Å²) in [4.78, 5) is 2.24. The van der Waals surface area contributed by atoms with Crippen LogP contribution in [0.25, 0.3) is 71.7 Å². The van der Waals surface area contributed by atoms with Gasteiger partial charge in [0.05, 0.1) is 27.8 Å². The van der Waals surface area contributed by atoms with Crippen molar-refractivity contribution >= 4 is 71.9 Å². The maximum absolute atomic E-state index is 4.54. The van der Waals surface area contributed by atoms with Crippen LogP contribution < -0.4 is 10.2 Å². The van der Waals surface area contributed by atoms with Crippen LogP contribution in [0.5, 0.6) is 0 Å². The molecule has 0 saturated heterocycles. The van der Waals surface area contributed by atoms with Crippen molar-refractivity contribution in [3.8, 4) is 22.5 Å². The molecule has 0 aliphatic carbocycles. The van der Waals surface area contributed by atoms with E-state index in [1.807, 2.05) is 0 Å². The summed E-state index contributed by atoms with van der Waals surface area (Å²) < 4.78 is 4.87. The third-order valence-corrected chi connectivity index (χ3v) is 11.4. The van der Waals surface area contributed by atoms with Gasteiger partial charge in [0.15, 0.2) is 0 Å². The number of anilines is 4. The largest absolute Gasteiger partial charge is 0.355 e. The fourth-order valence-electron chi connectivity index (χ4n) is 8.88. The molecule has 0 spiro atoms. The number of nitrogens with one attached hydrogen (secondary N) is 1. The Morgan fingerprint density at radius 3 is 1.64 bits per heavy atom. The van der Waals surface area contributed by atoms with Gasteiger partial charge in [-0.3, -0.25) is 0 Å². The van der Waals surface area contributed by atoms with Crippen LogP contribution >= 0.6 is 0 Å². The van der Waals surface area contributed by atoms with E-state index in [0.717, 1.165) is 56.4 Å². The van der Waals surface area contributed by atoms with Crippen molar-refractivity contribution in [3.05, 3.63) is 225 Å². The highest BCUT2D eigenvalue weighted by Crippen LogP contribution is 2.44. The van der Waals surface area contributed by atoms with Crippen LogP contribution in [0.15, 0.2) is 219 Å². The lowest BCUT2D eigenvalue weighted by Crippen LogP contribution is -2.12. The lowest BCUT2D eigenvalue weighted by Gasteiger charge is -2.27. The minimum Gasteiger partial charge on any atom is -0.355 e. The first kappa shape index (κ1) is 33.5. The topological polar surface area (TPSA) is 25.1 Å². The summed E-state index contributed by atoms with van der Waals surface area (Å²) >= 11 is 0. The third-order valence-electron chi connectivity index (χ3n) is 11.4. The number of allylic oxidation sites excluding steroid dienone is 4. The Hall–Kier alpha value is -7.82. The molecule has 274 valence electrons. The van der Waals surface area contributed by atoms with Crippen LogP contribution in [0, 0.1) is 0 Å². The van der Waals surface area contributed by atoms with Gasteiger partial charge in [-0.25, -0.2) is 0 Å². The number of benzene rings is 8. The standard InChI is InChI=1S/C54H38N4/c1-37-17-14-15-36-56(39-18-4-2-5-19-39)51-29-16-25-45(52(37)51)42-22-8-11-26-48(42)55-38-30-32-41(33-31-38)58-50-28-13-10-24-44(50)47-35-34-46-43-23-9-12-27-49(43)57(53(46)54(47)58)40-20-6-3-7-21-40/h2-36,55H,1H2/b17-14-,36-15-. The van der Waals surface area contributed by atoms with E-state index >= 15 is 0 Å². The normalized spacial score (nSPS) is 13.8. The van der Waals surface area contributed by atoms with Gasteiger partial charge in [0, 0.05) is 67.3 Å². The van der Waals surface area contributed by atoms with Gasteiger partial charge in [-0.15, -0.1) is 0 Å². The van der Waals surface area contributed by atoms with Crippen molar-refractivity contribution in [3.63, 3.8) is 0 Å². The quantitative estimate of drug-likeness (QED) is 0.184. The van der Waals surface area contributed by atoms with E-state index in [4.69, 9.17) is 0 Å². The maximum Gasteiger partial charge on any atom is 0.0788 e. The monoisotopic (exact) mass is 742 g/mol. The number of aromatic nitrogens is 2. The first-order chi connectivity index (χ1) is 28.7. The predicted molar refractivity (Wildman–Crippen MR) is 246 cm³/mol. The molecule has 4 heteroatoms. The molecule has 58 heavy (non-hydrogen) atoms. The second-order valence-corrected chi connectivity index (χ2v) is 14.7. The van der Waals surface area contributed by atoms with E-state index in [1.54, 1.807) is 0 Å². The molecule has 0 saturated carbocycles. The highest BCUT2D eigenvalue weighted by atomic mass is 15.1. The zero-order chi connectivity index (χ0) is 38.6. The molecule has 0 amide bonds. The van der Waals surface area contributed by atoms with Crippen LogP contribution in [0.4, 0.5) is 22.7 Å². The van der Waals surface area contributed by atoms with Gasteiger partial charge < -0.3 is 19.4 Å². The third kappa shape index (κ3) is 5.38. The SMILES string of the molecule is C=C1/C=C\C=C/N(c2ccccc2)c2cccc(-c3ccccc3Nc3ccc(-n4c5ccccc5c5ccc6c7ccccc7n(-c7ccccc7)c6c54)cc3)c21. The predicted octanol–water partition coefficient (Wildman–Crippen LogP) is 14.5. The van der Waals surface area contributed by atoms with E-state index < -0.39 is 0 Å². The Kier molecular flexibility index (Phi) is 7.93. The zero-order valence-corrected chi connectivity index (χ0v) is 31.8. The van der Waals surface area contributed by atoms with Crippen molar-refractivity contribution in [2.75, 3.05) is 10.2 Å². The summed E-state index contributed by atoms with van der Waals surface area (Å²) in [5.41, 5.74) is 15.5. The molecule has 0 bridgehead atoms. The molecule has 1 N–H and O–H groups in total. The molecule has 10 aromatic rings. The van der Waals surface area contributed by atoms with Gasteiger partial charge in [0.1, 0.15) is 0 Å². The van der Waals surface area contributed by atoms with Gasteiger partial charge in [0.2, 0.25) is 0 Å². The fraction of sp³-hybridized carbons (Fsp3) is 0. The van der Waals surface area contributed by atoms with E-state index in [9.17, 15) is 0 Å². The Morgan fingerprint density at radius 2 is 0.966 bits per heavy atom. The molecule has 0 unspecified atom stereocenters. The number of para-hydroxylation sites is 5. The molecule has 3 heterocycles. The fourth-order valence-corrected chi connectivity index (χ4v) is 8.88. The molecular formula is C54H38N4. The second-order valence-electron chi connectivity index (χ2n) is 14.7. The average molecular weight is 743 g/mol. The zero-order valence-electron chi connectivity index (χ0n) is 31.8. The van der Waals surface area contributed by atoms with Crippen molar-refractivity contribution in [1.29, 1.82) is 0 Å². The van der Waals surface area contributed by atoms with Crippen molar-refractivity contribution in [2.45, 2.75) is 0 Å². The smallest absolute Gasteiger partial charge is 0.0788 e. The van der Waals surface area contributed by atoms with Crippen LogP contribution in [-0.2, 0) is 0 Å². The molecule has 4 nitrogen and oxygen atoms in total. The van der Waals surface area contributed by atoms with Crippen LogP contribution in [0.3, 0.4) is 0 Å². The summed E-state index contributed by atoms with van der Waals surface area (Å²) in [6.07, 6.45) is 8.35. The summed E-state index contributed by atoms with van der Waals surface area (Å²) in [6.45, 7) is 4.54. The number of hydrogen-bond acceptors (Lipinski definition) is 2. The minimum atomic E-state index is 0.960. The van der Waals surface area contributed by atoms with Crippen LogP contribution in [0.2, 0.25) is 0 Å². The number of nitrogens with zero attached hydrogens (tertiary/aromatic N) is 3. The molecule has 8 aromatic carbocycles. The maximum atomic E-state index is 4.54. The van der Waals surface area contributed by atoms with E-state index in [0.29, 0.717) is 0 Å². The first-order valence-corrected chi connectivity index (χ1v) is 19.7. The summed E-state index contributed by atoms with van der Waals surface area (Å²) in [5, 5.41) is 8.74. The number of fused-ring (bicyclic) bond motifs is 8. The molecule has 0 fully saturated rings. The molecule has 2 aromatic heterocycles. The molecule has 0 radical (unpaired) electrons. The average Bonchev–Trinajstić information content (AvgIpc) is 3.80. The van der Waals surface area contributed by atoms with Gasteiger partial charge in [-0.1, -0.05) is 134 Å². The number of rotatable bonds is 6. The molecule has 0 atom stereocenters. The summed E-state index contributed by atoms with van der Waals surface area (Å²) in [5.74, 6) is 0. The molecular weight excluding hydrogens is 705 g/mol. The number of hydrogen-bond donors (Lipinski definition) is 1. The molecule has 1 aliphatic heterocycles. The Morgan fingerprint density at radius 1 is 0.414 bits per heavy atom. The summed E-state index contributed by atoms with van der Waals surface area (Å²) in [7, 11) is 0. The van der Waals surface area contributed by atoms with Gasteiger partial charge in [0.25, 0.3) is 0 Å². The van der Waals surface area contributed by atoms with Crippen LogP contribution in [-0.4, -0.2) is 9.13 Å². The highest BCUT2D eigenvalue weighted by molar-refractivity contribution is 6.23. The molecule has 1 aliphatic rings. The van der Waals surface area contributed by atoms with Crippen molar-refractivity contribution in [1.82, 2.24) is 9.13 Å². The van der Waals surface area contributed by atoms with Crippen LogP contribution in [0.1, 0.15) is 5.56 Å².